The summed E-state index contributed by atoms with van der Waals surface area (Å²) < 4.78 is 31.7. The number of carbonyl (C=O) groups excluding carboxylic acids is 1. The van der Waals surface area contributed by atoms with Gasteiger partial charge in [0.05, 0.1) is 6.04 Å². The van der Waals surface area contributed by atoms with Crippen molar-refractivity contribution in [1.29, 1.82) is 0 Å². The van der Waals surface area contributed by atoms with Crippen molar-refractivity contribution in [2.24, 2.45) is 11.7 Å². The highest BCUT2D eigenvalue weighted by Crippen LogP contribution is 2.13. The number of hydrogen-bond donors (Lipinski definition) is 7. The predicted octanol–water partition coefficient (Wildman–Crippen LogP) is 2.01. The van der Waals surface area contributed by atoms with Crippen LogP contribution in [0.5, 0.6) is 0 Å². The summed E-state index contributed by atoms with van der Waals surface area (Å²) in [5, 5.41) is 26.1. The van der Waals surface area contributed by atoms with Gasteiger partial charge in [0.25, 0.3) is 0 Å². The molecule has 0 saturated carbocycles. The van der Waals surface area contributed by atoms with E-state index in [1.165, 1.54) is 0 Å². The SMILES string of the molecule is CSCC[C@H](NC(=O)[C@H](Cc1ccccc1)NC[C@@H](NC[C@@H](N)CS)C(C)C)C(=O)O.O=C(O)C(F)(F)F. The number of carbonyl (C=O) groups is 3. The van der Waals surface area contributed by atoms with E-state index in [4.69, 9.17) is 15.6 Å². The van der Waals surface area contributed by atoms with Crippen LogP contribution in [0.4, 0.5) is 13.2 Å². The molecule has 0 aliphatic carbocycles. The Morgan fingerprint density at radius 1 is 1.05 bits per heavy atom. The van der Waals surface area contributed by atoms with Crippen molar-refractivity contribution in [3.05, 3.63) is 35.9 Å². The Morgan fingerprint density at radius 2 is 1.63 bits per heavy atom. The average Bonchev–Trinajstić information content (AvgIpc) is 2.85. The van der Waals surface area contributed by atoms with Gasteiger partial charge in [-0.3, -0.25) is 4.79 Å². The van der Waals surface area contributed by atoms with Crippen LogP contribution in [0.3, 0.4) is 0 Å². The minimum Gasteiger partial charge on any atom is -0.480 e. The molecule has 0 spiro atoms. The number of amides is 1. The van der Waals surface area contributed by atoms with Gasteiger partial charge in [0, 0.05) is 30.9 Å². The van der Waals surface area contributed by atoms with E-state index in [0.29, 0.717) is 43.4 Å². The molecule has 218 valence electrons. The van der Waals surface area contributed by atoms with E-state index in [9.17, 15) is 27.9 Å². The van der Waals surface area contributed by atoms with Gasteiger partial charge in [-0.2, -0.15) is 37.6 Å². The number of carboxylic acid groups (broad SMARTS) is 2. The van der Waals surface area contributed by atoms with E-state index in [1.807, 2.05) is 36.6 Å². The number of alkyl halides is 3. The third kappa shape index (κ3) is 16.1. The Labute approximate surface area is 231 Å². The van der Waals surface area contributed by atoms with Gasteiger partial charge in [-0.1, -0.05) is 44.2 Å². The fourth-order valence-electron chi connectivity index (χ4n) is 3.05. The number of thioether (sulfide) groups is 1. The lowest BCUT2D eigenvalue weighted by Crippen LogP contribution is -2.55. The molecule has 1 aromatic rings. The largest absolute Gasteiger partial charge is 0.490 e. The summed E-state index contributed by atoms with van der Waals surface area (Å²) in [7, 11) is 0. The van der Waals surface area contributed by atoms with Gasteiger partial charge >= 0.3 is 18.1 Å². The third-order valence-corrected chi connectivity index (χ3v) is 6.45. The minimum atomic E-state index is -5.08. The van der Waals surface area contributed by atoms with Crippen LogP contribution in [-0.2, 0) is 20.8 Å². The molecule has 0 unspecified atom stereocenters. The summed E-state index contributed by atoms with van der Waals surface area (Å²) in [4.78, 5) is 33.5. The Hall–Kier alpha value is -2.00. The third-order valence-electron chi connectivity index (χ3n) is 5.33. The average molecular weight is 585 g/mol. The van der Waals surface area contributed by atoms with Crippen molar-refractivity contribution >= 4 is 42.2 Å². The summed E-state index contributed by atoms with van der Waals surface area (Å²) >= 11 is 5.78. The van der Waals surface area contributed by atoms with Crippen LogP contribution in [-0.4, -0.2) is 89.3 Å². The zero-order chi connectivity index (χ0) is 29.3. The molecule has 0 radical (unpaired) electrons. The van der Waals surface area contributed by atoms with Gasteiger partial charge in [0.15, 0.2) is 0 Å². The molecule has 1 rings (SSSR count). The van der Waals surface area contributed by atoms with Crippen LogP contribution >= 0.6 is 24.4 Å². The quantitative estimate of drug-likeness (QED) is 0.145. The smallest absolute Gasteiger partial charge is 0.480 e. The number of halogens is 3. The van der Waals surface area contributed by atoms with Crippen molar-refractivity contribution in [3.63, 3.8) is 0 Å². The molecule has 0 bridgehead atoms. The van der Waals surface area contributed by atoms with Crippen LogP contribution in [0.15, 0.2) is 30.3 Å². The van der Waals surface area contributed by atoms with Crippen molar-refractivity contribution in [1.82, 2.24) is 16.0 Å². The molecule has 9 nitrogen and oxygen atoms in total. The van der Waals surface area contributed by atoms with E-state index in [-0.39, 0.29) is 18.0 Å². The summed E-state index contributed by atoms with van der Waals surface area (Å²) in [5.74, 6) is -2.48. The number of carboxylic acids is 2. The van der Waals surface area contributed by atoms with E-state index in [2.05, 4.69) is 42.4 Å². The maximum Gasteiger partial charge on any atom is 0.490 e. The molecule has 7 N–H and O–H groups in total. The lowest BCUT2D eigenvalue weighted by Gasteiger charge is -2.28. The summed E-state index contributed by atoms with van der Waals surface area (Å²) in [6.07, 6.45) is -2.31. The second-order valence-electron chi connectivity index (χ2n) is 8.84. The Balaban J connectivity index is 0.00000171. The molecule has 1 amide bonds. The number of benzene rings is 1. The Morgan fingerprint density at radius 3 is 2.08 bits per heavy atom. The highest BCUT2D eigenvalue weighted by Gasteiger charge is 2.38. The van der Waals surface area contributed by atoms with E-state index < -0.39 is 30.2 Å². The first-order valence-corrected chi connectivity index (χ1v) is 13.9. The van der Waals surface area contributed by atoms with Crippen molar-refractivity contribution < 1.29 is 37.8 Å². The molecule has 0 aliphatic heterocycles. The Kier molecular flexibility index (Phi) is 18.1. The summed E-state index contributed by atoms with van der Waals surface area (Å²) in [6, 6.07) is 8.36. The molecule has 0 fully saturated rings. The second kappa shape index (κ2) is 19.1. The van der Waals surface area contributed by atoms with Crippen molar-refractivity contribution in [2.45, 2.75) is 57.0 Å². The molecule has 0 saturated heterocycles. The maximum absolute atomic E-state index is 13.0. The number of aliphatic carboxylic acids is 2. The van der Waals surface area contributed by atoms with Gasteiger partial charge in [-0.25, -0.2) is 9.59 Å². The summed E-state index contributed by atoms with van der Waals surface area (Å²) in [6.45, 7) is 5.42. The molecule has 1 aromatic carbocycles. The number of hydrogen-bond acceptors (Lipinski definition) is 8. The molecule has 0 aliphatic rings. The minimum absolute atomic E-state index is 0.0410. The first-order valence-electron chi connectivity index (χ1n) is 11.9. The molecule has 4 atom stereocenters. The highest BCUT2D eigenvalue weighted by atomic mass is 32.2. The van der Waals surface area contributed by atoms with Gasteiger partial charge < -0.3 is 31.9 Å². The first-order chi connectivity index (χ1) is 17.7. The summed E-state index contributed by atoms with van der Waals surface area (Å²) in [5.41, 5.74) is 6.98. The predicted molar refractivity (Wildman–Crippen MR) is 147 cm³/mol. The topological polar surface area (TPSA) is 154 Å². The highest BCUT2D eigenvalue weighted by molar-refractivity contribution is 7.98. The molecule has 0 heterocycles. The normalized spacial score (nSPS) is 14.6. The van der Waals surface area contributed by atoms with E-state index in [1.54, 1.807) is 11.8 Å². The fraction of sp³-hybridized carbons (Fsp3) is 0.625. The number of thiol groups is 1. The molecule has 14 heteroatoms. The van der Waals surface area contributed by atoms with Gasteiger partial charge in [0.2, 0.25) is 5.91 Å². The van der Waals surface area contributed by atoms with E-state index >= 15 is 0 Å². The fourth-order valence-corrected chi connectivity index (χ4v) is 3.65. The maximum atomic E-state index is 13.0. The molecule has 38 heavy (non-hydrogen) atoms. The monoisotopic (exact) mass is 584 g/mol. The lowest BCUT2D eigenvalue weighted by atomic mass is 10.0. The van der Waals surface area contributed by atoms with Crippen LogP contribution in [0.1, 0.15) is 25.8 Å². The van der Waals surface area contributed by atoms with Crippen LogP contribution < -0.4 is 21.7 Å². The zero-order valence-corrected chi connectivity index (χ0v) is 23.4. The van der Waals surface area contributed by atoms with Gasteiger partial charge in [0.1, 0.15) is 6.04 Å². The van der Waals surface area contributed by atoms with Crippen LogP contribution in [0, 0.1) is 5.92 Å². The standard InChI is InChI=1S/C22H38N4O3S2.C2HF3O2/c1-15(2)20(24-12-17(23)14-30)13-25-19(11-16-7-5-4-6-8-16)21(27)26-18(22(28)29)9-10-31-3;3-2(4,5)1(6)7/h4-8,15,17-20,24-25,30H,9-14,23H2,1-3H3,(H,26,27)(H,28,29);(H,6,7)/t17-,18+,19+,20-;/m1./s1. The van der Waals surface area contributed by atoms with Gasteiger partial charge in [-0.05, 0) is 36.3 Å². The number of rotatable bonds is 16. The van der Waals surface area contributed by atoms with Crippen LogP contribution in [0.25, 0.3) is 0 Å². The number of nitrogens with two attached hydrogens (primary N) is 1. The molecular formula is C24H39F3N4O5S2. The van der Waals surface area contributed by atoms with Gasteiger partial charge in [-0.15, -0.1) is 0 Å². The first kappa shape index (κ1) is 36.0. The number of nitrogens with one attached hydrogen (secondary N) is 3. The van der Waals surface area contributed by atoms with Crippen molar-refractivity contribution in [2.75, 3.05) is 30.9 Å². The molecular weight excluding hydrogens is 545 g/mol. The molecule has 0 aromatic heterocycles. The Bertz CT molecular complexity index is 835. The van der Waals surface area contributed by atoms with Crippen molar-refractivity contribution in [3.8, 4) is 0 Å². The lowest BCUT2D eigenvalue weighted by molar-refractivity contribution is -0.192. The van der Waals surface area contributed by atoms with Crippen LogP contribution in [0.2, 0.25) is 0 Å². The second-order valence-corrected chi connectivity index (χ2v) is 10.2. The zero-order valence-electron chi connectivity index (χ0n) is 21.7. The van der Waals surface area contributed by atoms with E-state index in [0.717, 1.165) is 5.56 Å².